The summed E-state index contributed by atoms with van der Waals surface area (Å²) in [6, 6.07) is 12.0. The Balaban J connectivity index is 1.48. The van der Waals surface area contributed by atoms with E-state index in [2.05, 4.69) is 10.2 Å². The molecule has 6 heteroatoms. The highest BCUT2D eigenvalue weighted by Crippen LogP contribution is 2.24. The highest BCUT2D eigenvalue weighted by atomic mass is 35.5. The smallest absolute Gasteiger partial charge is 0.227 e. The van der Waals surface area contributed by atoms with Crippen LogP contribution in [0.2, 0.25) is 10.0 Å². The molecule has 1 unspecified atom stereocenters. The van der Waals surface area contributed by atoms with Gasteiger partial charge in [-0.25, -0.2) is 4.39 Å². The first-order chi connectivity index (χ1) is 12.9. The summed E-state index contributed by atoms with van der Waals surface area (Å²) in [5.74, 6) is -0.593. The van der Waals surface area contributed by atoms with Crippen molar-refractivity contribution in [3.8, 4) is 0 Å². The lowest BCUT2D eigenvalue weighted by molar-refractivity contribution is -0.123. The molecule has 1 heterocycles. The van der Waals surface area contributed by atoms with Gasteiger partial charge in [0.15, 0.2) is 0 Å². The highest BCUT2D eigenvalue weighted by molar-refractivity contribution is 6.42. The summed E-state index contributed by atoms with van der Waals surface area (Å²) in [5.41, 5.74) is 1.96. The lowest BCUT2D eigenvalue weighted by atomic mass is 9.98. The third kappa shape index (κ3) is 5.44. The van der Waals surface area contributed by atoms with E-state index in [1.165, 1.54) is 12.1 Å². The van der Waals surface area contributed by atoms with Gasteiger partial charge in [-0.1, -0.05) is 41.4 Å². The number of hydrogen-bond acceptors (Lipinski definition) is 2. The average molecular weight is 409 g/mol. The molecule has 1 aliphatic heterocycles. The molecule has 0 saturated carbocycles. The molecule has 0 bridgehead atoms. The molecule has 2 aromatic carbocycles. The zero-order valence-electron chi connectivity index (χ0n) is 15.2. The van der Waals surface area contributed by atoms with Crippen LogP contribution in [-0.4, -0.2) is 29.9 Å². The van der Waals surface area contributed by atoms with Crippen molar-refractivity contribution in [2.24, 2.45) is 0 Å². The monoisotopic (exact) mass is 408 g/mol. The largest absolute Gasteiger partial charge is 0.353 e. The molecule has 1 atom stereocenters. The second kappa shape index (κ2) is 9.05. The van der Waals surface area contributed by atoms with Gasteiger partial charge in [0.1, 0.15) is 5.82 Å². The maximum Gasteiger partial charge on any atom is 0.227 e. The van der Waals surface area contributed by atoms with Crippen molar-refractivity contribution >= 4 is 29.1 Å². The first-order valence-electron chi connectivity index (χ1n) is 9.14. The van der Waals surface area contributed by atoms with Gasteiger partial charge in [0.25, 0.3) is 0 Å². The molecule has 0 radical (unpaired) electrons. The minimum Gasteiger partial charge on any atom is -0.353 e. The topological polar surface area (TPSA) is 32.3 Å². The second-order valence-corrected chi connectivity index (χ2v) is 7.90. The highest BCUT2D eigenvalue weighted by Gasteiger charge is 2.23. The van der Waals surface area contributed by atoms with E-state index in [9.17, 15) is 9.18 Å². The van der Waals surface area contributed by atoms with Crippen molar-refractivity contribution in [1.29, 1.82) is 0 Å². The Morgan fingerprint density at radius 2 is 1.81 bits per heavy atom. The summed E-state index contributed by atoms with van der Waals surface area (Å²) < 4.78 is 13.0. The zero-order valence-corrected chi connectivity index (χ0v) is 16.7. The zero-order chi connectivity index (χ0) is 19.4. The van der Waals surface area contributed by atoms with E-state index >= 15 is 0 Å². The van der Waals surface area contributed by atoms with Crippen molar-refractivity contribution in [2.75, 3.05) is 13.1 Å². The Hall–Kier alpha value is -1.62. The van der Waals surface area contributed by atoms with Crippen molar-refractivity contribution in [2.45, 2.75) is 38.3 Å². The van der Waals surface area contributed by atoms with Gasteiger partial charge >= 0.3 is 0 Å². The van der Waals surface area contributed by atoms with Gasteiger partial charge in [0, 0.05) is 25.7 Å². The molecule has 1 saturated heterocycles. The van der Waals surface area contributed by atoms with Gasteiger partial charge in [0.2, 0.25) is 5.91 Å². The van der Waals surface area contributed by atoms with Crippen LogP contribution in [0.25, 0.3) is 0 Å². The summed E-state index contributed by atoms with van der Waals surface area (Å²) in [5, 5.41) is 4.28. The third-order valence-corrected chi connectivity index (χ3v) is 5.83. The molecule has 0 aliphatic carbocycles. The molecule has 3 nitrogen and oxygen atoms in total. The van der Waals surface area contributed by atoms with Gasteiger partial charge in [-0.15, -0.1) is 0 Å². The average Bonchev–Trinajstić information content (AvgIpc) is 2.66. The molecular weight excluding hydrogens is 386 g/mol. The van der Waals surface area contributed by atoms with Crippen LogP contribution >= 0.6 is 23.2 Å². The van der Waals surface area contributed by atoms with Crippen LogP contribution in [0.1, 0.15) is 36.8 Å². The number of hydrogen-bond donors (Lipinski definition) is 1. The number of amides is 1. The quantitative estimate of drug-likeness (QED) is 0.753. The molecular formula is C21H23Cl2FN2O. The van der Waals surface area contributed by atoms with Crippen molar-refractivity contribution in [1.82, 2.24) is 10.2 Å². The second-order valence-electron chi connectivity index (χ2n) is 7.08. The molecule has 0 spiro atoms. The number of piperidine rings is 1. The minimum atomic E-state index is -0.292. The van der Waals surface area contributed by atoms with E-state index in [-0.39, 0.29) is 23.7 Å². The molecule has 1 N–H and O–H groups in total. The molecule has 1 amide bonds. The Morgan fingerprint density at radius 3 is 2.44 bits per heavy atom. The number of nitrogens with one attached hydrogen (secondary N) is 1. The lowest BCUT2D eigenvalue weighted by Crippen LogP contribution is -2.45. The van der Waals surface area contributed by atoms with Crippen LogP contribution < -0.4 is 5.32 Å². The van der Waals surface area contributed by atoms with Crippen LogP contribution in [0.4, 0.5) is 4.39 Å². The SMILES string of the molecule is CC(C(=O)NC1CCN(Cc2ccc(Cl)c(Cl)c2)CC1)c1ccc(F)cc1. The van der Waals surface area contributed by atoms with Gasteiger partial charge in [-0.2, -0.15) is 0 Å². The molecule has 144 valence electrons. The predicted molar refractivity (Wildman–Crippen MR) is 108 cm³/mol. The summed E-state index contributed by atoms with van der Waals surface area (Å²) >= 11 is 12.0. The summed E-state index contributed by atoms with van der Waals surface area (Å²) in [4.78, 5) is 14.8. The van der Waals surface area contributed by atoms with E-state index in [0.717, 1.165) is 43.6 Å². The number of carbonyl (C=O) groups excluding carboxylic acids is 1. The number of likely N-dealkylation sites (tertiary alicyclic amines) is 1. The maximum absolute atomic E-state index is 13.0. The van der Waals surface area contributed by atoms with Gasteiger partial charge < -0.3 is 5.32 Å². The fourth-order valence-electron chi connectivity index (χ4n) is 3.36. The van der Waals surface area contributed by atoms with E-state index in [4.69, 9.17) is 23.2 Å². The maximum atomic E-state index is 13.0. The third-order valence-electron chi connectivity index (χ3n) is 5.09. The molecule has 0 aromatic heterocycles. The Kier molecular flexibility index (Phi) is 6.74. The number of carbonyl (C=O) groups is 1. The summed E-state index contributed by atoms with van der Waals surface area (Å²) in [6.07, 6.45) is 1.81. The van der Waals surface area contributed by atoms with Crippen LogP contribution in [-0.2, 0) is 11.3 Å². The Labute approximate surface area is 169 Å². The van der Waals surface area contributed by atoms with E-state index in [0.29, 0.717) is 10.0 Å². The number of halogens is 3. The Bertz CT molecular complexity index is 789. The van der Waals surface area contributed by atoms with E-state index in [1.807, 2.05) is 25.1 Å². The fraction of sp³-hybridized carbons (Fsp3) is 0.381. The minimum absolute atomic E-state index is 0.00968. The molecule has 1 fully saturated rings. The molecule has 1 aliphatic rings. The standard InChI is InChI=1S/C21H23Cl2FN2O/c1-14(16-3-5-17(24)6-4-16)21(27)25-18-8-10-26(11-9-18)13-15-2-7-19(22)20(23)12-15/h2-7,12,14,18H,8-11,13H2,1H3,(H,25,27). The Morgan fingerprint density at radius 1 is 1.15 bits per heavy atom. The summed E-state index contributed by atoms with van der Waals surface area (Å²) in [6.45, 7) is 4.50. The number of rotatable bonds is 5. The van der Waals surface area contributed by atoms with Crippen LogP contribution in [0.3, 0.4) is 0 Å². The van der Waals surface area contributed by atoms with Crippen molar-refractivity contribution < 1.29 is 9.18 Å². The van der Waals surface area contributed by atoms with E-state index in [1.54, 1.807) is 12.1 Å². The van der Waals surface area contributed by atoms with Crippen molar-refractivity contribution in [3.05, 3.63) is 69.5 Å². The van der Waals surface area contributed by atoms with Gasteiger partial charge in [0.05, 0.1) is 16.0 Å². The normalized spacial score (nSPS) is 16.9. The van der Waals surface area contributed by atoms with E-state index < -0.39 is 0 Å². The van der Waals surface area contributed by atoms with Gasteiger partial charge in [-0.05, 0) is 55.2 Å². The fourth-order valence-corrected chi connectivity index (χ4v) is 3.68. The first kappa shape index (κ1) is 20.1. The van der Waals surface area contributed by atoms with Crippen LogP contribution in [0, 0.1) is 5.82 Å². The number of benzene rings is 2. The number of nitrogens with zero attached hydrogens (tertiary/aromatic N) is 1. The summed E-state index contributed by atoms with van der Waals surface area (Å²) in [7, 11) is 0. The van der Waals surface area contributed by atoms with Crippen LogP contribution in [0.15, 0.2) is 42.5 Å². The van der Waals surface area contributed by atoms with Crippen LogP contribution in [0.5, 0.6) is 0 Å². The lowest BCUT2D eigenvalue weighted by Gasteiger charge is -2.33. The molecule has 2 aromatic rings. The predicted octanol–water partition coefficient (Wildman–Crippen LogP) is 5.02. The first-order valence-corrected chi connectivity index (χ1v) is 9.90. The van der Waals surface area contributed by atoms with Gasteiger partial charge in [-0.3, -0.25) is 9.69 Å². The van der Waals surface area contributed by atoms with Crippen molar-refractivity contribution in [3.63, 3.8) is 0 Å². The molecule has 3 rings (SSSR count). The molecule has 27 heavy (non-hydrogen) atoms.